The summed E-state index contributed by atoms with van der Waals surface area (Å²) in [5.74, 6) is 4.73. The van der Waals surface area contributed by atoms with Crippen LogP contribution in [-0.4, -0.2) is 22.1 Å². The number of hydrazine groups is 1. The minimum Gasteiger partial charge on any atom is -0.271 e. The van der Waals surface area contributed by atoms with Gasteiger partial charge >= 0.3 is 5.66 Å². The Morgan fingerprint density at radius 1 is 1.45 bits per heavy atom. The first-order valence-corrected chi connectivity index (χ1v) is 2.67. The van der Waals surface area contributed by atoms with E-state index >= 15 is 0 Å². The Kier molecular flexibility index (Phi) is 2.84. The summed E-state index contributed by atoms with van der Waals surface area (Å²) in [6, 6.07) is 0. The van der Waals surface area contributed by atoms with Crippen LogP contribution < -0.4 is 11.3 Å². The summed E-state index contributed by atoms with van der Waals surface area (Å²) in [6.07, 6.45) is 0. The van der Waals surface area contributed by atoms with Crippen LogP contribution in [0.1, 0.15) is 6.92 Å². The highest BCUT2D eigenvalue weighted by molar-refractivity contribution is 4.60. The minimum atomic E-state index is -2.24. The molecule has 0 aromatic heterocycles. The fourth-order valence-electron chi connectivity index (χ4n) is 0.389. The van der Waals surface area contributed by atoms with Gasteiger partial charge in [-0.2, -0.15) is 0 Å². The maximum Gasteiger partial charge on any atom is 0.469 e. The van der Waals surface area contributed by atoms with E-state index in [0.29, 0.717) is 0 Å². The SMILES string of the molecule is CC(CNN)([N+](=O)[O-])[N+](=O)[O-]. The number of nitrogens with zero attached hydrogens (tertiary/aromatic N) is 2. The van der Waals surface area contributed by atoms with Gasteiger partial charge in [0.05, 0.1) is 16.8 Å². The Labute approximate surface area is 61.6 Å². The van der Waals surface area contributed by atoms with Gasteiger partial charge in [-0.3, -0.25) is 26.1 Å². The van der Waals surface area contributed by atoms with Crippen LogP contribution in [0.2, 0.25) is 0 Å². The second-order valence-electron chi connectivity index (χ2n) is 2.11. The maximum absolute atomic E-state index is 10.1. The Balaban J connectivity index is 4.52. The van der Waals surface area contributed by atoms with Crippen LogP contribution in [0.5, 0.6) is 0 Å². The first kappa shape index (κ1) is 9.72. The molecule has 0 atom stereocenters. The van der Waals surface area contributed by atoms with E-state index in [-0.39, 0.29) is 0 Å². The third kappa shape index (κ3) is 1.82. The molecule has 0 heterocycles. The molecule has 0 amide bonds. The fraction of sp³-hybridized carbons (Fsp3) is 1.00. The van der Waals surface area contributed by atoms with E-state index in [2.05, 4.69) is 0 Å². The van der Waals surface area contributed by atoms with Crippen molar-refractivity contribution in [3.8, 4) is 0 Å². The highest BCUT2D eigenvalue weighted by atomic mass is 16.7. The third-order valence-electron chi connectivity index (χ3n) is 1.22. The summed E-state index contributed by atoms with van der Waals surface area (Å²) in [4.78, 5) is 18.3. The molecule has 0 aromatic rings. The molecule has 0 rings (SSSR count). The molecule has 0 aliphatic heterocycles. The Morgan fingerprint density at radius 3 is 1.91 bits per heavy atom. The summed E-state index contributed by atoms with van der Waals surface area (Å²) in [6.45, 7) is 0.375. The predicted molar refractivity (Wildman–Crippen MR) is 34.6 cm³/mol. The van der Waals surface area contributed by atoms with E-state index in [1.165, 1.54) is 0 Å². The van der Waals surface area contributed by atoms with Crippen molar-refractivity contribution in [2.24, 2.45) is 5.84 Å². The van der Waals surface area contributed by atoms with Gasteiger partial charge in [-0.25, -0.2) is 5.43 Å². The Bertz CT molecular complexity index is 166. The molecule has 0 aliphatic rings. The zero-order valence-electron chi connectivity index (χ0n) is 5.81. The van der Waals surface area contributed by atoms with Crippen LogP contribution in [0.3, 0.4) is 0 Å². The van der Waals surface area contributed by atoms with Gasteiger partial charge in [0, 0.05) is 0 Å². The average Bonchev–Trinajstić information content (AvgIpc) is 1.87. The molecule has 11 heavy (non-hydrogen) atoms. The number of nitrogens with two attached hydrogens (primary N) is 1. The first-order valence-electron chi connectivity index (χ1n) is 2.67. The molecule has 0 aromatic carbocycles. The number of nitro groups is 2. The normalized spacial score (nSPS) is 11.1. The topological polar surface area (TPSA) is 124 Å². The molecule has 0 bridgehead atoms. The predicted octanol–water partition coefficient (Wildman–Crippen LogP) is -1.28. The standard InChI is InChI=1S/C3H8N4O4/c1-3(2-5-4,6(8)9)7(10)11/h5H,2,4H2,1H3. The fourth-order valence-corrected chi connectivity index (χ4v) is 0.389. The van der Waals surface area contributed by atoms with E-state index in [1.807, 2.05) is 5.43 Å². The third-order valence-corrected chi connectivity index (χ3v) is 1.22. The van der Waals surface area contributed by atoms with E-state index < -0.39 is 22.1 Å². The smallest absolute Gasteiger partial charge is 0.271 e. The van der Waals surface area contributed by atoms with E-state index in [4.69, 9.17) is 5.84 Å². The Hall–Kier alpha value is -1.28. The quantitative estimate of drug-likeness (QED) is 0.231. The molecular formula is C3H8N4O4. The van der Waals surface area contributed by atoms with Gasteiger partial charge in [0.1, 0.15) is 0 Å². The van der Waals surface area contributed by atoms with Crippen LogP contribution in [0.15, 0.2) is 0 Å². The lowest BCUT2D eigenvalue weighted by molar-refractivity contribution is -0.789. The lowest BCUT2D eigenvalue weighted by Gasteiger charge is -2.10. The summed E-state index contributed by atoms with van der Waals surface area (Å²) in [5, 5.41) is 20.2. The van der Waals surface area contributed by atoms with Gasteiger partial charge < -0.3 is 0 Å². The average molecular weight is 164 g/mol. The zero-order valence-corrected chi connectivity index (χ0v) is 5.81. The van der Waals surface area contributed by atoms with Gasteiger partial charge in [-0.15, -0.1) is 0 Å². The van der Waals surface area contributed by atoms with Crippen LogP contribution in [0.25, 0.3) is 0 Å². The molecule has 3 N–H and O–H groups in total. The molecule has 0 radical (unpaired) electrons. The van der Waals surface area contributed by atoms with Gasteiger partial charge in [0.15, 0.2) is 6.54 Å². The lowest BCUT2D eigenvalue weighted by atomic mass is 10.2. The molecule has 0 aliphatic carbocycles. The molecule has 0 fully saturated rings. The van der Waals surface area contributed by atoms with Crippen molar-refractivity contribution in [1.29, 1.82) is 0 Å². The molecule has 64 valence electrons. The zero-order chi connectivity index (χ0) is 9.07. The van der Waals surface area contributed by atoms with Crippen LogP contribution in [-0.2, 0) is 0 Å². The highest BCUT2D eigenvalue weighted by Gasteiger charge is 2.49. The first-order chi connectivity index (χ1) is 4.95. The minimum absolute atomic E-state index is 0.507. The van der Waals surface area contributed by atoms with E-state index in [1.54, 1.807) is 0 Å². The monoisotopic (exact) mass is 164 g/mol. The molecular weight excluding hydrogens is 156 g/mol. The van der Waals surface area contributed by atoms with Crippen molar-refractivity contribution in [3.63, 3.8) is 0 Å². The van der Waals surface area contributed by atoms with Crippen molar-refractivity contribution in [1.82, 2.24) is 5.43 Å². The van der Waals surface area contributed by atoms with Crippen molar-refractivity contribution >= 4 is 0 Å². The molecule has 0 saturated carbocycles. The van der Waals surface area contributed by atoms with Gasteiger partial charge in [-0.05, 0) is 0 Å². The summed E-state index contributed by atoms with van der Waals surface area (Å²) in [5.41, 5.74) is -0.354. The van der Waals surface area contributed by atoms with Crippen LogP contribution in [0, 0.1) is 20.2 Å². The Morgan fingerprint density at radius 2 is 1.82 bits per heavy atom. The van der Waals surface area contributed by atoms with Gasteiger partial charge in [-0.1, -0.05) is 0 Å². The highest BCUT2D eigenvalue weighted by Crippen LogP contribution is 2.07. The van der Waals surface area contributed by atoms with Crippen LogP contribution >= 0.6 is 0 Å². The number of hydrogen-bond acceptors (Lipinski definition) is 6. The molecule has 0 spiro atoms. The van der Waals surface area contributed by atoms with Crippen LogP contribution in [0.4, 0.5) is 0 Å². The molecule has 0 saturated heterocycles. The summed E-state index contributed by atoms with van der Waals surface area (Å²) in [7, 11) is 0. The second kappa shape index (κ2) is 3.21. The van der Waals surface area contributed by atoms with Crippen molar-refractivity contribution < 1.29 is 9.85 Å². The summed E-state index contributed by atoms with van der Waals surface area (Å²) < 4.78 is 0. The molecule has 8 heteroatoms. The second-order valence-corrected chi connectivity index (χ2v) is 2.11. The van der Waals surface area contributed by atoms with E-state index in [0.717, 1.165) is 6.92 Å². The van der Waals surface area contributed by atoms with Crippen molar-refractivity contribution in [2.45, 2.75) is 12.6 Å². The number of nitrogens with one attached hydrogen (secondary N) is 1. The summed E-state index contributed by atoms with van der Waals surface area (Å²) >= 11 is 0. The van der Waals surface area contributed by atoms with E-state index in [9.17, 15) is 20.2 Å². The lowest BCUT2D eigenvalue weighted by Crippen LogP contribution is -2.52. The number of rotatable bonds is 4. The van der Waals surface area contributed by atoms with Crippen molar-refractivity contribution in [3.05, 3.63) is 20.2 Å². The number of hydrogen-bond donors (Lipinski definition) is 2. The molecule has 0 unspecified atom stereocenters. The maximum atomic E-state index is 10.1. The van der Waals surface area contributed by atoms with Gasteiger partial charge in [0.2, 0.25) is 0 Å². The van der Waals surface area contributed by atoms with Gasteiger partial charge in [0.25, 0.3) is 0 Å². The van der Waals surface area contributed by atoms with Crippen molar-refractivity contribution in [2.75, 3.05) is 6.54 Å². The molecule has 8 nitrogen and oxygen atoms in total. The largest absolute Gasteiger partial charge is 0.469 e.